The van der Waals surface area contributed by atoms with Gasteiger partial charge in [0.05, 0.1) is 6.04 Å². The van der Waals surface area contributed by atoms with Crippen molar-refractivity contribution >= 4 is 11.3 Å². The third kappa shape index (κ3) is 3.76. The van der Waals surface area contributed by atoms with Gasteiger partial charge in [-0.05, 0) is 26.8 Å². The van der Waals surface area contributed by atoms with E-state index < -0.39 is 0 Å². The van der Waals surface area contributed by atoms with Crippen LogP contribution in [0.1, 0.15) is 49.9 Å². The van der Waals surface area contributed by atoms with Gasteiger partial charge in [0.25, 0.3) is 0 Å². The molecule has 1 rings (SSSR count). The Morgan fingerprint density at radius 3 is 2.86 bits per heavy atom. The van der Waals surface area contributed by atoms with Crippen LogP contribution in [-0.4, -0.2) is 11.5 Å². The second kappa shape index (κ2) is 6.14. The Hall–Kier alpha value is -0.410. The van der Waals surface area contributed by atoms with E-state index in [2.05, 4.69) is 29.5 Å². The fourth-order valence-electron chi connectivity index (χ4n) is 1.35. The van der Waals surface area contributed by atoms with Crippen molar-refractivity contribution in [1.29, 1.82) is 0 Å². The second-order valence-corrected chi connectivity index (χ2v) is 4.60. The van der Waals surface area contributed by atoms with Crippen LogP contribution in [0.4, 0.5) is 0 Å². The van der Waals surface area contributed by atoms with Crippen LogP contribution in [-0.2, 0) is 0 Å². The summed E-state index contributed by atoms with van der Waals surface area (Å²) in [6, 6.07) is 0.408. The first-order valence-corrected chi connectivity index (χ1v) is 6.27. The average molecular weight is 212 g/mol. The van der Waals surface area contributed by atoms with E-state index in [0.29, 0.717) is 6.04 Å². The zero-order valence-corrected chi connectivity index (χ0v) is 10.2. The van der Waals surface area contributed by atoms with Gasteiger partial charge in [-0.25, -0.2) is 4.98 Å². The summed E-state index contributed by atoms with van der Waals surface area (Å²) in [6.07, 6.45) is 3.87. The van der Waals surface area contributed by atoms with Crippen molar-refractivity contribution in [3.63, 3.8) is 0 Å². The van der Waals surface area contributed by atoms with Crippen LogP contribution in [0.5, 0.6) is 0 Å². The molecule has 1 aromatic rings. The van der Waals surface area contributed by atoms with E-state index in [4.69, 9.17) is 0 Å². The molecule has 0 amide bonds. The lowest BCUT2D eigenvalue weighted by Crippen LogP contribution is -2.19. The summed E-state index contributed by atoms with van der Waals surface area (Å²) in [5.74, 6) is 0. The number of nitrogens with one attached hydrogen (secondary N) is 1. The molecule has 0 aromatic carbocycles. The first-order valence-electron chi connectivity index (χ1n) is 5.39. The summed E-state index contributed by atoms with van der Waals surface area (Å²) in [7, 11) is 0. The van der Waals surface area contributed by atoms with E-state index in [-0.39, 0.29) is 0 Å². The highest BCUT2D eigenvalue weighted by Gasteiger charge is 2.07. The van der Waals surface area contributed by atoms with E-state index in [0.717, 1.165) is 12.2 Å². The number of unbranched alkanes of at least 4 members (excludes halogenated alkanes) is 2. The SMILES string of the molecule is CCCCCNC(C)c1nc(C)cs1. The zero-order chi connectivity index (χ0) is 10.4. The lowest BCUT2D eigenvalue weighted by atomic mass is 10.2. The molecule has 0 saturated carbocycles. The van der Waals surface area contributed by atoms with Crippen molar-refractivity contribution in [2.45, 2.75) is 46.1 Å². The maximum Gasteiger partial charge on any atom is 0.110 e. The van der Waals surface area contributed by atoms with E-state index in [1.54, 1.807) is 11.3 Å². The van der Waals surface area contributed by atoms with Crippen LogP contribution in [0.2, 0.25) is 0 Å². The van der Waals surface area contributed by atoms with E-state index in [1.165, 1.54) is 24.3 Å². The first kappa shape index (κ1) is 11.7. The Morgan fingerprint density at radius 2 is 2.29 bits per heavy atom. The van der Waals surface area contributed by atoms with Gasteiger partial charge in [0, 0.05) is 11.1 Å². The average Bonchev–Trinajstić information content (AvgIpc) is 2.59. The molecule has 0 bridgehead atoms. The van der Waals surface area contributed by atoms with Crippen LogP contribution in [0.3, 0.4) is 0 Å². The summed E-state index contributed by atoms with van der Waals surface area (Å²) < 4.78 is 0. The molecule has 14 heavy (non-hydrogen) atoms. The lowest BCUT2D eigenvalue weighted by molar-refractivity contribution is 0.541. The molecule has 1 N–H and O–H groups in total. The Balaban J connectivity index is 2.25. The number of hydrogen-bond acceptors (Lipinski definition) is 3. The molecule has 1 aromatic heterocycles. The van der Waals surface area contributed by atoms with Crippen LogP contribution in [0.15, 0.2) is 5.38 Å². The molecule has 1 atom stereocenters. The lowest BCUT2D eigenvalue weighted by Gasteiger charge is -2.10. The van der Waals surface area contributed by atoms with Crippen LogP contribution in [0, 0.1) is 6.92 Å². The van der Waals surface area contributed by atoms with Crippen LogP contribution < -0.4 is 5.32 Å². The Bertz CT molecular complexity index is 258. The Morgan fingerprint density at radius 1 is 1.50 bits per heavy atom. The van der Waals surface area contributed by atoms with Crippen molar-refractivity contribution < 1.29 is 0 Å². The highest BCUT2D eigenvalue weighted by molar-refractivity contribution is 7.09. The molecule has 0 spiro atoms. The summed E-state index contributed by atoms with van der Waals surface area (Å²) in [5, 5.41) is 6.81. The van der Waals surface area contributed by atoms with Gasteiger partial charge in [0.1, 0.15) is 5.01 Å². The van der Waals surface area contributed by atoms with Gasteiger partial charge in [-0.1, -0.05) is 19.8 Å². The molecule has 1 heterocycles. The van der Waals surface area contributed by atoms with Crippen molar-refractivity contribution in [3.8, 4) is 0 Å². The van der Waals surface area contributed by atoms with Gasteiger partial charge < -0.3 is 5.32 Å². The molecule has 1 unspecified atom stereocenters. The highest BCUT2D eigenvalue weighted by atomic mass is 32.1. The minimum absolute atomic E-state index is 0.408. The summed E-state index contributed by atoms with van der Waals surface area (Å²) in [5.41, 5.74) is 1.13. The van der Waals surface area contributed by atoms with E-state index in [9.17, 15) is 0 Å². The smallest absolute Gasteiger partial charge is 0.110 e. The minimum Gasteiger partial charge on any atom is -0.308 e. The quantitative estimate of drug-likeness (QED) is 0.732. The number of rotatable bonds is 6. The fourth-order valence-corrected chi connectivity index (χ4v) is 2.18. The molecular weight excluding hydrogens is 192 g/mol. The van der Waals surface area contributed by atoms with Gasteiger partial charge >= 0.3 is 0 Å². The standard InChI is InChI=1S/C11H20N2S/c1-4-5-6-7-12-10(3)11-13-9(2)8-14-11/h8,10,12H,4-7H2,1-3H3. The summed E-state index contributed by atoms with van der Waals surface area (Å²) in [4.78, 5) is 4.47. The van der Waals surface area contributed by atoms with Crippen molar-refractivity contribution in [2.75, 3.05) is 6.54 Å². The molecule has 0 aliphatic heterocycles. The molecule has 0 radical (unpaired) electrons. The molecule has 0 aliphatic carbocycles. The molecule has 0 fully saturated rings. The van der Waals surface area contributed by atoms with Crippen molar-refractivity contribution in [1.82, 2.24) is 10.3 Å². The molecular formula is C11H20N2S. The van der Waals surface area contributed by atoms with E-state index >= 15 is 0 Å². The first-order chi connectivity index (χ1) is 6.74. The Kier molecular flexibility index (Phi) is 5.12. The molecule has 0 aliphatic rings. The number of aromatic nitrogens is 1. The maximum atomic E-state index is 4.47. The van der Waals surface area contributed by atoms with Gasteiger partial charge in [0.15, 0.2) is 0 Å². The zero-order valence-electron chi connectivity index (χ0n) is 9.34. The van der Waals surface area contributed by atoms with Gasteiger partial charge in [-0.2, -0.15) is 0 Å². The number of hydrogen-bond donors (Lipinski definition) is 1. The number of nitrogens with zero attached hydrogens (tertiary/aromatic N) is 1. The van der Waals surface area contributed by atoms with Crippen LogP contribution in [0.25, 0.3) is 0 Å². The van der Waals surface area contributed by atoms with Crippen molar-refractivity contribution in [2.24, 2.45) is 0 Å². The predicted molar refractivity (Wildman–Crippen MR) is 62.8 cm³/mol. The molecule has 0 saturated heterocycles. The van der Waals surface area contributed by atoms with E-state index in [1.807, 2.05) is 6.92 Å². The molecule has 3 heteroatoms. The monoisotopic (exact) mass is 212 g/mol. The van der Waals surface area contributed by atoms with Gasteiger partial charge in [-0.3, -0.25) is 0 Å². The normalized spacial score (nSPS) is 13.1. The third-order valence-electron chi connectivity index (χ3n) is 2.24. The summed E-state index contributed by atoms with van der Waals surface area (Å²) in [6.45, 7) is 7.56. The Labute approximate surface area is 90.8 Å². The fraction of sp³-hybridized carbons (Fsp3) is 0.727. The van der Waals surface area contributed by atoms with Gasteiger partial charge in [-0.15, -0.1) is 11.3 Å². The minimum atomic E-state index is 0.408. The van der Waals surface area contributed by atoms with Crippen LogP contribution >= 0.6 is 11.3 Å². The van der Waals surface area contributed by atoms with Gasteiger partial charge in [0.2, 0.25) is 0 Å². The molecule has 2 nitrogen and oxygen atoms in total. The van der Waals surface area contributed by atoms with Crippen molar-refractivity contribution in [3.05, 3.63) is 16.1 Å². The highest BCUT2D eigenvalue weighted by Crippen LogP contribution is 2.17. The number of aryl methyl sites for hydroxylation is 1. The largest absolute Gasteiger partial charge is 0.308 e. The topological polar surface area (TPSA) is 24.9 Å². The summed E-state index contributed by atoms with van der Waals surface area (Å²) >= 11 is 1.75. The molecule has 80 valence electrons. The second-order valence-electron chi connectivity index (χ2n) is 3.71. The maximum absolute atomic E-state index is 4.47. The predicted octanol–water partition coefficient (Wildman–Crippen LogP) is 3.29. The number of thiazole rings is 1. The third-order valence-corrected chi connectivity index (χ3v) is 3.38.